The molecule has 0 bridgehead atoms. The first-order valence-electron chi connectivity index (χ1n) is 10.6. The van der Waals surface area contributed by atoms with E-state index < -0.39 is 0 Å². The fraction of sp³-hybridized carbons (Fsp3) is 0.417. The maximum atomic E-state index is 12.4. The average Bonchev–Trinajstić information content (AvgIpc) is 2.74. The van der Waals surface area contributed by atoms with Gasteiger partial charge in [0.05, 0.1) is 13.1 Å². The number of para-hydroxylation sites is 2. The van der Waals surface area contributed by atoms with E-state index in [4.69, 9.17) is 9.47 Å². The van der Waals surface area contributed by atoms with Crippen molar-refractivity contribution in [1.29, 1.82) is 0 Å². The van der Waals surface area contributed by atoms with Crippen LogP contribution in [0.1, 0.15) is 23.6 Å². The molecule has 1 unspecified atom stereocenters. The summed E-state index contributed by atoms with van der Waals surface area (Å²) in [5, 5.41) is 5.61. The van der Waals surface area contributed by atoms with Crippen molar-refractivity contribution >= 4 is 17.5 Å². The van der Waals surface area contributed by atoms with Crippen LogP contribution in [-0.4, -0.2) is 55.6 Å². The van der Waals surface area contributed by atoms with Crippen LogP contribution in [0.2, 0.25) is 0 Å². The minimum Gasteiger partial charge on any atom is -0.486 e. The molecule has 1 atom stereocenters. The van der Waals surface area contributed by atoms with Crippen LogP contribution in [0.4, 0.5) is 5.69 Å². The summed E-state index contributed by atoms with van der Waals surface area (Å²) in [5.41, 5.74) is 3.96. The Morgan fingerprint density at radius 1 is 1.06 bits per heavy atom. The van der Waals surface area contributed by atoms with E-state index in [1.807, 2.05) is 69.0 Å². The topological polar surface area (TPSA) is 79.9 Å². The standard InChI is InChI=1S/C24H31N3O4/c1-5-27(13-19-15-30-20-8-6-7-9-21(20)31-19)14-23(29)25-12-22(28)26-24-17(3)10-16(2)11-18(24)4/h6-11,19H,5,12-15H2,1-4H3,(H,25,29)(H,26,28). The maximum absolute atomic E-state index is 12.4. The Labute approximate surface area is 183 Å². The second-order valence-corrected chi connectivity index (χ2v) is 7.92. The first-order valence-corrected chi connectivity index (χ1v) is 10.6. The lowest BCUT2D eigenvalue weighted by molar-refractivity contribution is -0.125. The number of benzene rings is 2. The lowest BCUT2D eigenvalue weighted by Gasteiger charge is -2.30. The summed E-state index contributed by atoms with van der Waals surface area (Å²) >= 11 is 0. The van der Waals surface area contributed by atoms with Crippen molar-refractivity contribution in [3.05, 3.63) is 53.1 Å². The van der Waals surface area contributed by atoms with E-state index in [1.54, 1.807) is 0 Å². The molecule has 0 saturated heterocycles. The number of ether oxygens (including phenoxy) is 2. The summed E-state index contributed by atoms with van der Waals surface area (Å²) in [6.07, 6.45) is -0.154. The normalized spacial score (nSPS) is 14.9. The Morgan fingerprint density at radius 2 is 1.74 bits per heavy atom. The van der Waals surface area contributed by atoms with Crippen molar-refractivity contribution in [3.63, 3.8) is 0 Å². The molecule has 2 aromatic rings. The molecule has 2 amide bonds. The number of likely N-dealkylation sites (N-methyl/N-ethyl adjacent to an activating group) is 1. The van der Waals surface area contributed by atoms with Crippen LogP contribution in [-0.2, 0) is 9.59 Å². The second-order valence-electron chi connectivity index (χ2n) is 7.92. The third kappa shape index (κ3) is 6.21. The zero-order valence-electron chi connectivity index (χ0n) is 18.7. The number of carbonyl (C=O) groups is 2. The molecule has 0 fully saturated rings. The Hall–Kier alpha value is -3.06. The third-order valence-electron chi connectivity index (χ3n) is 5.23. The molecule has 7 nitrogen and oxygen atoms in total. The molecule has 0 aliphatic carbocycles. The van der Waals surface area contributed by atoms with Crippen molar-refractivity contribution in [2.45, 2.75) is 33.8 Å². The van der Waals surface area contributed by atoms with E-state index in [0.717, 1.165) is 33.9 Å². The molecular formula is C24H31N3O4. The van der Waals surface area contributed by atoms with E-state index in [0.29, 0.717) is 19.7 Å². The number of rotatable bonds is 8. The minimum atomic E-state index is -0.243. The first-order chi connectivity index (χ1) is 14.9. The molecule has 3 rings (SSSR count). The quantitative estimate of drug-likeness (QED) is 0.680. The van der Waals surface area contributed by atoms with Crippen LogP contribution in [0, 0.1) is 20.8 Å². The van der Waals surface area contributed by atoms with Crippen molar-refractivity contribution in [2.75, 3.05) is 38.1 Å². The van der Waals surface area contributed by atoms with E-state index in [2.05, 4.69) is 10.6 Å². The fourth-order valence-electron chi connectivity index (χ4n) is 3.75. The Bertz CT molecular complexity index is 921. The van der Waals surface area contributed by atoms with Gasteiger partial charge in [-0.2, -0.15) is 0 Å². The van der Waals surface area contributed by atoms with Gasteiger partial charge in [-0.15, -0.1) is 0 Å². The first kappa shape index (κ1) is 22.6. The number of aryl methyl sites for hydroxylation is 3. The number of nitrogens with one attached hydrogen (secondary N) is 2. The van der Waals surface area contributed by atoms with Crippen LogP contribution in [0.3, 0.4) is 0 Å². The van der Waals surface area contributed by atoms with Crippen molar-refractivity contribution in [1.82, 2.24) is 10.2 Å². The maximum Gasteiger partial charge on any atom is 0.243 e. The van der Waals surface area contributed by atoms with Crippen LogP contribution < -0.4 is 20.1 Å². The van der Waals surface area contributed by atoms with Crippen molar-refractivity contribution < 1.29 is 19.1 Å². The molecule has 1 aliphatic rings. The Balaban J connectivity index is 1.45. The van der Waals surface area contributed by atoms with E-state index in [-0.39, 0.29) is 31.0 Å². The number of hydrogen-bond acceptors (Lipinski definition) is 5. The average molecular weight is 426 g/mol. The lowest BCUT2D eigenvalue weighted by atomic mass is 10.1. The van der Waals surface area contributed by atoms with E-state index in [9.17, 15) is 9.59 Å². The highest BCUT2D eigenvalue weighted by Gasteiger charge is 2.23. The highest BCUT2D eigenvalue weighted by atomic mass is 16.6. The van der Waals surface area contributed by atoms with E-state index in [1.165, 1.54) is 0 Å². The van der Waals surface area contributed by atoms with Gasteiger partial charge < -0.3 is 20.1 Å². The molecule has 2 aromatic carbocycles. The largest absolute Gasteiger partial charge is 0.486 e. The molecular weight excluding hydrogens is 394 g/mol. The summed E-state index contributed by atoms with van der Waals surface area (Å²) in [5.74, 6) is 1.01. The predicted molar refractivity (Wildman–Crippen MR) is 121 cm³/mol. The minimum absolute atomic E-state index is 0.0699. The molecule has 31 heavy (non-hydrogen) atoms. The van der Waals surface area contributed by atoms with E-state index >= 15 is 0 Å². The number of amides is 2. The van der Waals surface area contributed by atoms with Crippen LogP contribution >= 0.6 is 0 Å². The van der Waals surface area contributed by atoms with Crippen molar-refractivity contribution in [3.8, 4) is 11.5 Å². The Morgan fingerprint density at radius 3 is 2.42 bits per heavy atom. The molecule has 7 heteroatoms. The molecule has 0 saturated carbocycles. The predicted octanol–water partition coefficient (Wildman–Crippen LogP) is 2.83. The van der Waals surface area contributed by atoms with Gasteiger partial charge in [0.1, 0.15) is 12.7 Å². The van der Waals surface area contributed by atoms with Crippen LogP contribution in [0.25, 0.3) is 0 Å². The third-order valence-corrected chi connectivity index (χ3v) is 5.23. The Kier molecular flexibility index (Phi) is 7.52. The molecule has 1 heterocycles. The molecule has 0 radical (unpaired) electrons. The number of hydrogen-bond donors (Lipinski definition) is 2. The monoisotopic (exact) mass is 425 g/mol. The number of fused-ring (bicyclic) bond motifs is 1. The summed E-state index contributed by atoms with van der Waals surface area (Å²) in [6, 6.07) is 11.6. The smallest absolute Gasteiger partial charge is 0.243 e. The van der Waals surface area contributed by atoms with Gasteiger partial charge in [0.25, 0.3) is 0 Å². The number of anilines is 1. The molecule has 1 aliphatic heterocycles. The van der Waals surface area contributed by atoms with Gasteiger partial charge in [-0.1, -0.05) is 36.8 Å². The number of nitrogens with zero attached hydrogens (tertiary/aromatic N) is 1. The second kappa shape index (κ2) is 10.3. The van der Waals surface area contributed by atoms with Crippen LogP contribution in [0.15, 0.2) is 36.4 Å². The highest BCUT2D eigenvalue weighted by molar-refractivity contribution is 5.96. The molecule has 2 N–H and O–H groups in total. The highest BCUT2D eigenvalue weighted by Crippen LogP contribution is 2.31. The molecule has 0 spiro atoms. The van der Waals surface area contributed by atoms with Gasteiger partial charge in [-0.25, -0.2) is 0 Å². The van der Waals surface area contributed by atoms with Crippen molar-refractivity contribution in [2.24, 2.45) is 0 Å². The number of carbonyl (C=O) groups excluding carboxylic acids is 2. The van der Waals surface area contributed by atoms with Gasteiger partial charge in [-0.3, -0.25) is 14.5 Å². The van der Waals surface area contributed by atoms with Gasteiger partial charge in [-0.05, 0) is 50.6 Å². The lowest BCUT2D eigenvalue weighted by Crippen LogP contribution is -2.46. The van der Waals surface area contributed by atoms with Crippen LogP contribution in [0.5, 0.6) is 11.5 Å². The summed E-state index contributed by atoms with van der Waals surface area (Å²) in [4.78, 5) is 26.7. The summed E-state index contributed by atoms with van der Waals surface area (Å²) in [6.45, 7) is 9.73. The zero-order valence-corrected chi connectivity index (χ0v) is 18.7. The summed E-state index contributed by atoms with van der Waals surface area (Å²) in [7, 11) is 0. The zero-order chi connectivity index (χ0) is 22.4. The fourth-order valence-corrected chi connectivity index (χ4v) is 3.75. The molecule has 166 valence electrons. The van der Waals surface area contributed by atoms with Gasteiger partial charge >= 0.3 is 0 Å². The SMILES string of the molecule is CCN(CC(=O)NCC(=O)Nc1c(C)cc(C)cc1C)CC1COc2ccccc2O1. The van der Waals surface area contributed by atoms with Gasteiger partial charge in [0.2, 0.25) is 11.8 Å². The van der Waals surface area contributed by atoms with Gasteiger partial charge in [0, 0.05) is 12.2 Å². The summed E-state index contributed by atoms with van der Waals surface area (Å²) < 4.78 is 11.7. The van der Waals surface area contributed by atoms with Gasteiger partial charge in [0.15, 0.2) is 11.5 Å². The molecule has 0 aromatic heterocycles.